The average Bonchev–Trinajstić information content (AvgIpc) is 2.61. The summed E-state index contributed by atoms with van der Waals surface area (Å²) in [5.74, 6) is -1.63. The third-order valence-corrected chi connectivity index (χ3v) is 2.93. The number of carboxylic acid groups (broad SMARTS) is 1. The Bertz CT molecular complexity index is 505. The van der Waals surface area contributed by atoms with Crippen LogP contribution in [-0.2, 0) is 9.59 Å². The highest BCUT2D eigenvalue weighted by atomic mass is 32.2. The summed E-state index contributed by atoms with van der Waals surface area (Å²) in [6, 6.07) is 9.18. The lowest BCUT2D eigenvalue weighted by Gasteiger charge is -1.96. The van der Waals surface area contributed by atoms with Gasteiger partial charge in [-0.2, -0.15) is 0 Å². The predicted octanol–water partition coefficient (Wildman–Crippen LogP) is 1.68. The van der Waals surface area contributed by atoms with Gasteiger partial charge in [0.25, 0.3) is 5.91 Å². The molecule has 0 unspecified atom stereocenters. The highest BCUT2D eigenvalue weighted by molar-refractivity contribution is 8.19. The number of aliphatic imine (C=N–C) groups is 1. The van der Waals surface area contributed by atoms with Crippen molar-refractivity contribution in [2.45, 2.75) is 0 Å². The second-order valence-electron chi connectivity index (χ2n) is 3.04. The Hall–Kier alpha value is -1.88. The SMILES string of the molecule is O=C(O)/C=C1/SC(c2ccccc2)=NC1=O. The van der Waals surface area contributed by atoms with Crippen molar-refractivity contribution < 1.29 is 14.7 Å². The topological polar surface area (TPSA) is 66.7 Å². The molecule has 0 radical (unpaired) electrons. The quantitative estimate of drug-likeness (QED) is 0.789. The summed E-state index contributed by atoms with van der Waals surface area (Å²) >= 11 is 1.08. The molecule has 1 N–H and O–H groups in total. The zero-order valence-electron chi connectivity index (χ0n) is 8.08. The van der Waals surface area contributed by atoms with Crippen molar-refractivity contribution in [1.82, 2.24) is 0 Å². The Kier molecular flexibility index (Phi) is 2.87. The lowest BCUT2D eigenvalue weighted by molar-refractivity contribution is -0.131. The maximum absolute atomic E-state index is 11.4. The number of hydrogen-bond donors (Lipinski definition) is 1. The molecule has 80 valence electrons. The summed E-state index contributed by atoms with van der Waals surface area (Å²) in [5.41, 5.74) is 0.814. The number of rotatable bonds is 2. The van der Waals surface area contributed by atoms with Crippen molar-refractivity contribution in [3.63, 3.8) is 0 Å². The van der Waals surface area contributed by atoms with E-state index in [0.29, 0.717) is 5.04 Å². The van der Waals surface area contributed by atoms with E-state index < -0.39 is 11.9 Å². The summed E-state index contributed by atoms with van der Waals surface area (Å²) in [6.45, 7) is 0. The fraction of sp³-hybridized carbons (Fsp3) is 0. The third kappa shape index (κ3) is 2.20. The number of aliphatic carboxylic acids is 1. The lowest BCUT2D eigenvalue weighted by Crippen LogP contribution is -1.94. The van der Waals surface area contributed by atoms with Crippen LogP contribution in [0.15, 0.2) is 46.3 Å². The van der Waals surface area contributed by atoms with E-state index in [0.717, 1.165) is 23.4 Å². The maximum atomic E-state index is 11.4. The van der Waals surface area contributed by atoms with Gasteiger partial charge in [0.2, 0.25) is 0 Å². The van der Waals surface area contributed by atoms with Crippen molar-refractivity contribution in [3.05, 3.63) is 46.9 Å². The average molecular weight is 233 g/mol. The summed E-state index contributed by atoms with van der Waals surface area (Å²) in [5, 5.41) is 9.10. The predicted molar refractivity (Wildman–Crippen MR) is 61.3 cm³/mol. The van der Waals surface area contributed by atoms with Crippen LogP contribution in [0.2, 0.25) is 0 Å². The molecule has 1 aromatic rings. The van der Waals surface area contributed by atoms with Gasteiger partial charge in [0.15, 0.2) is 0 Å². The number of carbonyl (C=O) groups excluding carboxylic acids is 1. The largest absolute Gasteiger partial charge is 0.478 e. The maximum Gasteiger partial charge on any atom is 0.329 e. The first-order valence-electron chi connectivity index (χ1n) is 4.48. The van der Waals surface area contributed by atoms with Crippen LogP contribution >= 0.6 is 11.8 Å². The molecule has 1 aliphatic heterocycles. The van der Waals surface area contributed by atoms with Crippen LogP contribution in [0.1, 0.15) is 5.56 Å². The van der Waals surface area contributed by atoms with E-state index in [1.54, 1.807) is 0 Å². The minimum absolute atomic E-state index is 0.145. The highest BCUT2D eigenvalue weighted by Crippen LogP contribution is 2.29. The van der Waals surface area contributed by atoms with Crippen LogP contribution in [-0.4, -0.2) is 22.0 Å². The zero-order chi connectivity index (χ0) is 11.5. The summed E-state index contributed by atoms with van der Waals surface area (Å²) in [4.78, 5) is 25.8. The minimum atomic E-state index is -1.14. The fourth-order valence-electron chi connectivity index (χ4n) is 1.23. The number of hydrogen-bond acceptors (Lipinski definition) is 3. The van der Waals surface area contributed by atoms with E-state index in [2.05, 4.69) is 4.99 Å². The number of carboxylic acids is 1. The second-order valence-corrected chi connectivity index (χ2v) is 4.07. The minimum Gasteiger partial charge on any atom is -0.478 e. The van der Waals surface area contributed by atoms with Gasteiger partial charge >= 0.3 is 5.97 Å². The molecular formula is C11H7NO3S. The van der Waals surface area contributed by atoms with Crippen molar-refractivity contribution in [1.29, 1.82) is 0 Å². The van der Waals surface area contributed by atoms with Gasteiger partial charge in [-0.1, -0.05) is 42.1 Å². The molecule has 1 aromatic carbocycles. The second kappa shape index (κ2) is 4.32. The molecule has 5 heteroatoms. The Morgan fingerprint density at radius 3 is 2.62 bits per heavy atom. The molecule has 0 bridgehead atoms. The molecule has 2 rings (SSSR count). The molecule has 0 saturated heterocycles. The molecule has 1 amide bonds. The van der Waals surface area contributed by atoms with E-state index >= 15 is 0 Å². The molecule has 0 fully saturated rings. The van der Waals surface area contributed by atoms with Gasteiger partial charge < -0.3 is 5.11 Å². The van der Waals surface area contributed by atoms with Crippen LogP contribution in [0.3, 0.4) is 0 Å². The van der Waals surface area contributed by atoms with Gasteiger partial charge in [0, 0.05) is 11.6 Å². The molecule has 0 saturated carbocycles. The van der Waals surface area contributed by atoms with Crippen LogP contribution in [0, 0.1) is 0 Å². The van der Waals surface area contributed by atoms with Crippen molar-refractivity contribution >= 4 is 28.7 Å². The molecule has 0 atom stereocenters. The van der Waals surface area contributed by atoms with Crippen LogP contribution in [0.25, 0.3) is 0 Å². The molecule has 0 spiro atoms. The van der Waals surface area contributed by atoms with Gasteiger partial charge in [-0.3, -0.25) is 4.79 Å². The Morgan fingerprint density at radius 1 is 1.31 bits per heavy atom. The zero-order valence-corrected chi connectivity index (χ0v) is 8.90. The van der Waals surface area contributed by atoms with Gasteiger partial charge in [-0.15, -0.1) is 0 Å². The molecular weight excluding hydrogens is 226 g/mol. The van der Waals surface area contributed by atoms with E-state index in [-0.39, 0.29) is 4.91 Å². The number of nitrogens with zero attached hydrogens (tertiary/aromatic N) is 1. The molecule has 0 aliphatic carbocycles. The molecule has 1 aliphatic rings. The van der Waals surface area contributed by atoms with E-state index in [1.165, 1.54) is 0 Å². The Labute approximate surface area is 95.7 Å². The van der Waals surface area contributed by atoms with E-state index in [1.807, 2.05) is 30.3 Å². The highest BCUT2D eigenvalue weighted by Gasteiger charge is 2.23. The normalized spacial score (nSPS) is 17.6. The monoisotopic (exact) mass is 233 g/mol. The van der Waals surface area contributed by atoms with Crippen molar-refractivity contribution in [2.24, 2.45) is 4.99 Å². The van der Waals surface area contributed by atoms with Crippen LogP contribution in [0.5, 0.6) is 0 Å². The third-order valence-electron chi connectivity index (χ3n) is 1.90. The van der Waals surface area contributed by atoms with E-state index in [4.69, 9.17) is 5.11 Å². The lowest BCUT2D eigenvalue weighted by atomic mass is 10.2. The number of amides is 1. The van der Waals surface area contributed by atoms with Gasteiger partial charge in [-0.25, -0.2) is 9.79 Å². The fourth-order valence-corrected chi connectivity index (χ4v) is 2.11. The summed E-state index contributed by atoms with van der Waals surface area (Å²) in [6.07, 6.45) is 0.881. The number of thioether (sulfide) groups is 1. The summed E-state index contributed by atoms with van der Waals surface area (Å²) in [7, 11) is 0. The van der Waals surface area contributed by atoms with Gasteiger partial charge in [0.1, 0.15) is 5.04 Å². The van der Waals surface area contributed by atoms with E-state index in [9.17, 15) is 9.59 Å². The first-order chi connectivity index (χ1) is 7.66. The van der Waals surface area contributed by atoms with Gasteiger partial charge in [0.05, 0.1) is 4.91 Å². The van der Waals surface area contributed by atoms with Crippen molar-refractivity contribution in [3.8, 4) is 0 Å². The molecule has 0 aromatic heterocycles. The molecule has 16 heavy (non-hydrogen) atoms. The summed E-state index contributed by atoms with van der Waals surface area (Å²) < 4.78 is 0. The van der Waals surface area contributed by atoms with Gasteiger partial charge in [-0.05, 0) is 0 Å². The Morgan fingerprint density at radius 2 is 2.00 bits per heavy atom. The van der Waals surface area contributed by atoms with Crippen LogP contribution in [0.4, 0.5) is 0 Å². The number of benzene rings is 1. The molecule has 1 heterocycles. The molecule has 4 nitrogen and oxygen atoms in total. The first kappa shape index (κ1) is 10.6. The standard InChI is InChI=1S/C11H7NO3S/c13-9(14)6-8-10(15)12-11(16-8)7-4-2-1-3-5-7/h1-6H,(H,13,14)/b8-6+. The Balaban J connectivity index is 2.27. The van der Waals surface area contributed by atoms with Crippen molar-refractivity contribution in [2.75, 3.05) is 0 Å². The smallest absolute Gasteiger partial charge is 0.329 e. The first-order valence-corrected chi connectivity index (χ1v) is 5.29. The number of carbonyl (C=O) groups is 2. The van der Waals surface area contributed by atoms with Crippen LogP contribution < -0.4 is 0 Å².